The van der Waals surface area contributed by atoms with Gasteiger partial charge in [-0.15, -0.1) is 6.42 Å². The molecule has 5 rings (SSSR count). The summed E-state index contributed by atoms with van der Waals surface area (Å²) in [6.07, 6.45) is 13.6. The molecule has 2 aliphatic heterocycles. The minimum absolute atomic E-state index is 0.130. The second-order valence-corrected chi connectivity index (χ2v) is 10.1. The highest BCUT2D eigenvalue weighted by atomic mass is 16.2. The van der Waals surface area contributed by atoms with Crippen molar-refractivity contribution in [2.75, 3.05) is 32.7 Å². The van der Waals surface area contributed by atoms with Gasteiger partial charge in [-0.25, -0.2) is 0 Å². The molecule has 1 aromatic carbocycles. The number of nitrogens with one attached hydrogen (secondary N) is 2. The number of carbonyl (C=O) groups excluding carboxylic acids is 1. The SMILES string of the molecule is C#CCN1CCC(NC(=O)c2n[nH]c3ccc(-c4cncc(CN5CCC(C)CC5)c4)cc23)CC1. The number of amides is 1. The van der Waals surface area contributed by atoms with Crippen LogP contribution >= 0.6 is 0 Å². The molecule has 0 unspecified atom stereocenters. The van der Waals surface area contributed by atoms with Gasteiger partial charge in [0.1, 0.15) is 0 Å². The molecule has 7 heteroatoms. The van der Waals surface area contributed by atoms with E-state index in [1.54, 1.807) is 0 Å². The Hall–Kier alpha value is -3.21. The lowest BCUT2D eigenvalue weighted by atomic mass is 9.98. The van der Waals surface area contributed by atoms with Crippen molar-refractivity contribution in [1.82, 2.24) is 30.3 Å². The molecule has 2 aliphatic rings. The van der Waals surface area contributed by atoms with Crippen LogP contribution < -0.4 is 5.32 Å². The zero-order valence-corrected chi connectivity index (χ0v) is 20.5. The van der Waals surface area contributed by atoms with E-state index in [1.165, 1.54) is 18.4 Å². The number of terminal acetylenes is 1. The number of hydrogen-bond acceptors (Lipinski definition) is 5. The highest BCUT2D eigenvalue weighted by molar-refractivity contribution is 6.05. The molecule has 35 heavy (non-hydrogen) atoms. The van der Waals surface area contributed by atoms with Gasteiger partial charge in [-0.1, -0.05) is 18.9 Å². The third kappa shape index (κ3) is 5.55. The first-order chi connectivity index (χ1) is 17.1. The van der Waals surface area contributed by atoms with Crippen molar-refractivity contribution in [3.8, 4) is 23.5 Å². The maximum Gasteiger partial charge on any atom is 0.272 e. The summed E-state index contributed by atoms with van der Waals surface area (Å²) < 4.78 is 0. The standard InChI is InChI=1S/C28H34N6O/c1-3-10-33-13-8-24(9-14-33)30-28(35)27-25-16-22(4-5-26(25)31-32-27)23-15-21(17-29-18-23)19-34-11-6-20(2)7-12-34/h1,4-5,15-18,20,24H,6-14,19H2,2H3,(H,30,35)(H,31,32). The van der Waals surface area contributed by atoms with Crippen molar-refractivity contribution >= 4 is 16.8 Å². The third-order valence-corrected chi connectivity index (χ3v) is 7.43. The number of hydrogen-bond donors (Lipinski definition) is 2. The summed E-state index contributed by atoms with van der Waals surface area (Å²) in [6.45, 7) is 8.03. The quantitative estimate of drug-likeness (QED) is 0.538. The van der Waals surface area contributed by atoms with Crippen molar-refractivity contribution in [2.24, 2.45) is 5.92 Å². The molecule has 2 saturated heterocycles. The van der Waals surface area contributed by atoms with Gasteiger partial charge in [-0.3, -0.25) is 24.7 Å². The Bertz CT molecular complexity index is 1210. The third-order valence-electron chi connectivity index (χ3n) is 7.43. The van der Waals surface area contributed by atoms with Gasteiger partial charge in [0, 0.05) is 49.0 Å². The maximum absolute atomic E-state index is 13.1. The molecule has 2 aromatic heterocycles. The van der Waals surface area contributed by atoms with E-state index < -0.39 is 0 Å². The average molecular weight is 471 g/mol. The summed E-state index contributed by atoms with van der Waals surface area (Å²) in [4.78, 5) is 22.4. The molecule has 2 fully saturated rings. The van der Waals surface area contributed by atoms with Crippen molar-refractivity contribution in [3.63, 3.8) is 0 Å². The predicted octanol–water partition coefficient (Wildman–Crippen LogP) is 3.68. The van der Waals surface area contributed by atoms with E-state index in [-0.39, 0.29) is 11.9 Å². The Kier molecular flexibility index (Phi) is 7.12. The highest BCUT2D eigenvalue weighted by Gasteiger charge is 2.23. The van der Waals surface area contributed by atoms with Gasteiger partial charge >= 0.3 is 0 Å². The molecule has 0 spiro atoms. The monoisotopic (exact) mass is 470 g/mol. The number of aromatic nitrogens is 3. The normalized spacial score (nSPS) is 18.5. The Balaban J connectivity index is 1.29. The lowest BCUT2D eigenvalue weighted by molar-refractivity contribution is 0.0911. The number of H-pyrrole nitrogens is 1. The number of aromatic amines is 1. The fourth-order valence-corrected chi connectivity index (χ4v) is 5.20. The largest absolute Gasteiger partial charge is 0.348 e. The van der Waals surface area contributed by atoms with Crippen LogP contribution in [0, 0.1) is 18.3 Å². The van der Waals surface area contributed by atoms with Crippen LogP contribution in [0.2, 0.25) is 0 Å². The Morgan fingerprint density at radius 3 is 2.63 bits per heavy atom. The predicted molar refractivity (Wildman–Crippen MR) is 139 cm³/mol. The molecule has 0 aliphatic carbocycles. The van der Waals surface area contributed by atoms with Gasteiger partial charge in [-0.05, 0) is 74.0 Å². The molecule has 7 nitrogen and oxygen atoms in total. The summed E-state index contributed by atoms with van der Waals surface area (Å²) in [5.74, 6) is 3.39. The molecule has 0 radical (unpaired) electrons. The summed E-state index contributed by atoms with van der Waals surface area (Å²) >= 11 is 0. The zero-order valence-electron chi connectivity index (χ0n) is 20.5. The van der Waals surface area contributed by atoms with Gasteiger partial charge in [-0.2, -0.15) is 5.10 Å². The van der Waals surface area contributed by atoms with Crippen LogP contribution in [-0.4, -0.2) is 69.7 Å². The van der Waals surface area contributed by atoms with Gasteiger partial charge in [0.05, 0.1) is 12.1 Å². The van der Waals surface area contributed by atoms with Gasteiger partial charge in [0.15, 0.2) is 5.69 Å². The summed E-state index contributed by atoms with van der Waals surface area (Å²) in [6, 6.07) is 8.46. The number of nitrogens with zero attached hydrogens (tertiary/aromatic N) is 4. The van der Waals surface area contributed by atoms with Crippen molar-refractivity contribution < 1.29 is 4.79 Å². The Morgan fingerprint density at radius 2 is 1.86 bits per heavy atom. The van der Waals surface area contributed by atoms with Crippen LogP contribution in [0.5, 0.6) is 0 Å². The van der Waals surface area contributed by atoms with E-state index in [9.17, 15) is 4.79 Å². The molecule has 1 amide bonds. The van der Waals surface area contributed by atoms with Crippen molar-refractivity contribution in [1.29, 1.82) is 0 Å². The molecule has 0 bridgehead atoms. The average Bonchev–Trinajstić information content (AvgIpc) is 3.30. The fourth-order valence-electron chi connectivity index (χ4n) is 5.20. The molecule has 0 atom stereocenters. The van der Waals surface area contributed by atoms with Crippen LogP contribution in [0.3, 0.4) is 0 Å². The molecule has 2 N–H and O–H groups in total. The number of rotatable bonds is 6. The van der Waals surface area contributed by atoms with Crippen molar-refractivity contribution in [3.05, 3.63) is 47.9 Å². The smallest absolute Gasteiger partial charge is 0.272 e. The van der Waals surface area contributed by atoms with Gasteiger partial charge in [0.2, 0.25) is 0 Å². The summed E-state index contributed by atoms with van der Waals surface area (Å²) in [5.41, 5.74) is 4.62. The summed E-state index contributed by atoms with van der Waals surface area (Å²) in [7, 11) is 0. The first-order valence-electron chi connectivity index (χ1n) is 12.7. The second kappa shape index (κ2) is 10.6. The van der Waals surface area contributed by atoms with E-state index in [1.807, 2.05) is 24.5 Å². The van der Waals surface area contributed by atoms with Crippen LogP contribution in [0.15, 0.2) is 36.7 Å². The number of pyridine rings is 1. The lowest BCUT2D eigenvalue weighted by Crippen LogP contribution is -2.44. The first kappa shape index (κ1) is 23.5. The van der Waals surface area contributed by atoms with Gasteiger partial charge in [0.25, 0.3) is 5.91 Å². The minimum atomic E-state index is -0.130. The van der Waals surface area contributed by atoms with E-state index >= 15 is 0 Å². The molecule has 4 heterocycles. The van der Waals surface area contributed by atoms with Gasteiger partial charge < -0.3 is 5.32 Å². The van der Waals surface area contributed by atoms with Crippen LogP contribution in [0.25, 0.3) is 22.0 Å². The highest BCUT2D eigenvalue weighted by Crippen LogP contribution is 2.27. The topological polar surface area (TPSA) is 77.1 Å². The Morgan fingerprint density at radius 1 is 1.09 bits per heavy atom. The maximum atomic E-state index is 13.1. The first-order valence-corrected chi connectivity index (χ1v) is 12.7. The van der Waals surface area contributed by atoms with Crippen LogP contribution in [0.4, 0.5) is 0 Å². The van der Waals surface area contributed by atoms with E-state index in [4.69, 9.17) is 6.42 Å². The molecule has 3 aromatic rings. The van der Waals surface area contributed by atoms with Crippen molar-refractivity contribution in [2.45, 2.75) is 45.2 Å². The van der Waals surface area contributed by atoms with Crippen LogP contribution in [-0.2, 0) is 6.54 Å². The summed E-state index contributed by atoms with van der Waals surface area (Å²) in [5, 5.41) is 11.4. The van der Waals surface area contributed by atoms with E-state index in [0.717, 1.165) is 73.5 Å². The number of likely N-dealkylation sites (tertiary alicyclic amines) is 2. The van der Waals surface area contributed by atoms with Crippen LogP contribution in [0.1, 0.15) is 48.7 Å². The lowest BCUT2D eigenvalue weighted by Gasteiger charge is -2.30. The molecule has 182 valence electrons. The number of carbonyl (C=O) groups is 1. The fraction of sp³-hybridized carbons (Fsp3) is 0.464. The Labute approximate surface area is 207 Å². The minimum Gasteiger partial charge on any atom is -0.348 e. The second-order valence-electron chi connectivity index (χ2n) is 10.1. The number of fused-ring (bicyclic) bond motifs is 1. The molecule has 0 saturated carbocycles. The number of piperidine rings is 2. The molecular weight excluding hydrogens is 436 g/mol. The van der Waals surface area contributed by atoms with E-state index in [0.29, 0.717) is 12.2 Å². The molecular formula is C28H34N6O. The zero-order chi connectivity index (χ0) is 24.2. The van der Waals surface area contributed by atoms with E-state index in [2.05, 4.69) is 55.3 Å². The number of benzene rings is 1.